The van der Waals surface area contributed by atoms with E-state index in [1.807, 2.05) is 4.90 Å². The minimum Gasteiger partial charge on any atom is -0.389 e. The highest BCUT2D eigenvalue weighted by Gasteiger charge is 2.36. The first-order valence-electron chi connectivity index (χ1n) is 8.10. The molecule has 1 saturated heterocycles. The smallest absolute Gasteiger partial charge is 0.225 e. The molecule has 1 saturated carbocycles. The van der Waals surface area contributed by atoms with Crippen LogP contribution in [0.2, 0.25) is 0 Å². The minimum absolute atomic E-state index is 0.101. The van der Waals surface area contributed by atoms with Crippen LogP contribution in [0.3, 0.4) is 0 Å². The second-order valence-electron chi connectivity index (χ2n) is 6.91. The molecule has 2 fully saturated rings. The van der Waals surface area contributed by atoms with Crippen molar-refractivity contribution in [3.63, 3.8) is 0 Å². The number of aliphatic hydroxyl groups is 1. The maximum absolute atomic E-state index is 12.2. The number of carbonyl (C=O) groups excluding carboxylic acids is 1. The summed E-state index contributed by atoms with van der Waals surface area (Å²) in [6.07, 6.45) is 6.14. The van der Waals surface area contributed by atoms with Crippen molar-refractivity contribution in [2.24, 2.45) is 5.92 Å². The molecule has 1 amide bonds. The van der Waals surface area contributed by atoms with Gasteiger partial charge in [0, 0.05) is 19.7 Å². The van der Waals surface area contributed by atoms with Gasteiger partial charge in [0.2, 0.25) is 5.91 Å². The Labute approximate surface area is 122 Å². The highest BCUT2D eigenvalue weighted by molar-refractivity contribution is 5.77. The van der Waals surface area contributed by atoms with E-state index in [0.717, 1.165) is 51.7 Å². The Morgan fingerprint density at radius 2 is 2.10 bits per heavy atom. The number of nitrogens with zero attached hydrogens (tertiary/aromatic N) is 1. The molecule has 2 rings (SSSR count). The Morgan fingerprint density at radius 3 is 2.75 bits per heavy atom. The van der Waals surface area contributed by atoms with E-state index in [1.54, 1.807) is 0 Å². The molecule has 0 radical (unpaired) electrons. The number of hydrogen-bond acceptors (Lipinski definition) is 3. The molecule has 4 nitrogen and oxygen atoms in total. The zero-order valence-corrected chi connectivity index (χ0v) is 12.9. The van der Waals surface area contributed by atoms with Crippen molar-refractivity contribution in [3.05, 3.63) is 0 Å². The zero-order valence-electron chi connectivity index (χ0n) is 12.9. The summed E-state index contributed by atoms with van der Waals surface area (Å²) in [6, 6.07) is 0. The molecule has 1 aliphatic carbocycles. The van der Waals surface area contributed by atoms with E-state index < -0.39 is 5.60 Å². The van der Waals surface area contributed by atoms with Crippen molar-refractivity contribution in [1.29, 1.82) is 0 Å². The van der Waals surface area contributed by atoms with Gasteiger partial charge in [-0.1, -0.05) is 26.7 Å². The monoisotopic (exact) mass is 283 g/mol. The van der Waals surface area contributed by atoms with E-state index in [0.29, 0.717) is 18.9 Å². The summed E-state index contributed by atoms with van der Waals surface area (Å²) in [5, 5.41) is 10.3. The normalized spacial score (nSPS) is 25.6. The fourth-order valence-corrected chi connectivity index (χ4v) is 3.16. The molecule has 0 aromatic rings. The lowest BCUT2D eigenvalue weighted by molar-refractivity contribution is -0.135. The standard InChI is InChI=1S/C16H29NO3/c1-13(2)6-10-20-14-5-9-17(12-14)15(18)11-16(19)7-3-4-8-16/h13-14,19H,3-12H2,1-2H3. The van der Waals surface area contributed by atoms with Gasteiger partial charge in [0.05, 0.1) is 18.1 Å². The first-order valence-corrected chi connectivity index (χ1v) is 8.10. The van der Waals surface area contributed by atoms with Crippen molar-refractivity contribution in [1.82, 2.24) is 4.90 Å². The van der Waals surface area contributed by atoms with E-state index in [4.69, 9.17) is 4.74 Å². The lowest BCUT2D eigenvalue weighted by Crippen LogP contribution is -2.37. The van der Waals surface area contributed by atoms with E-state index in [2.05, 4.69) is 13.8 Å². The Balaban J connectivity index is 1.70. The van der Waals surface area contributed by atoms with Crippen LogP contribution in [0.5, 0.6) is 0 Å². The second kappa shape index (κ2) is 6.90. The Hall–Kier alpha value is -0.610. The summed E-state index contributed by atoms with van der Waals surface area (Å²) in [5.41, 5.74) is -0.729. The third-order valence-electron chi connectivity index (χ3n) is 4.56. The Morgan fingerprint density at radius 1 is 1.40 bits per heavy atom. The first kappa shape index (κ1) is 15.8. The lowest BCUT2D eigenvalue weighted by atomic mass is 9.97. The third-order valence-corrected chi connectivity index (χ3v) is 4.56. The molecule has 1 aliphatic heterocycles. The number of amides is 1. The van der Waals surface area contributed by atoms with Crippen LogP contribution in [-0.2, 0) is 9.53 Å². The number of likely N-dealkylation sites (tertiary alicyclic amines) is 1. The summed E-state index contributed by atoms with van der Waals surface area (Å²) in [5.74, 6) is 0.759. The third kappa shape index (κ3) is 4.45. The Bertz CT molecular complexity index is 324. The summed E-state index contributed by atoms with van der Waals surface area (Å²) in [7, 11) is 0. The quantitative estimate of drug-likeness (QED) is 0.814. The van der Waals surface area contributed by atoms with Crippen LogP contribution in [0.1, 0.15) is 58.8 Å². The van der Waals surface area contributed by atoms with Crippen LogP contribution in [0.15, 0.2) is 0 Å². The lowest BCUT2D eigenvalue weighted by Gasteiger charge is -2.25. The molecular formula is C16H29NO3. The molecule has 20 heavy (non-hydrogen) atoms. The second-order valence-corrected chi connectivity index (χ2v) is 6.91. The van der Waals surface area contributed by atoms with Crippen LogP contribution >= 0.6 is 0 Å². The van der Waals surface area contributed by atoms with Gasteiger partial charge in [0.25, 0.3) is 0 Å². The Kier molecular flexibility index (Phi) is 5.44. The van der Waals surface area contributed by atoms with Crippen LogP contribution < -0.4 is 0 Å². The zero-order chi connectivity index (χ0) is 14.6. The van der Waals surface area contributed by atoms with Gasteiger partial charge in [0.15, 0.2) is 0 Å². The van der Waals surface area contributed by atoms with Gasteiger partial charge >= 0.3 is 0 Å². The molecule has 0 spiro atoms. The highest BCUT2D eigenvalue weighted by atomic mass is 16.5. The summed E-state index contributed by atoms with van der Waals surface area (Å²) in [4.78, 5) is 14.1. The van der Waals surface area contributed by atoms with Crippen molar-refractivity contribution in [2.75, 3.05) is 19.7 Å². The molecule has 1 N–H and O–H groups in total. The van der Waals surface area contributed by atoms with Crippen molar-refractivity contribution in [2.45, 2.75) is 70.5 Å². The van der Waals surface area contributed by atoms with Crippen LogP contribution in [0, 0.1) is 5.92 Å². The van der Waals surface area contributed by atoms with Crippen molar-refractivity contribution in [3.8, 4) is 0 Å². The number of rotatable bonds is 6. The van der Waals surface area contributed by atoms with Crippen LogP contribution in [-0.4, -0.2) is 47.3 Å². The van der Waals surface area contributed by atoms with E-state index in [-0.39, 0.29) is 12.0 Å². The minimum atomic E-state index is -0.729. The van der Waals surface area contributed by atoms with E-state index in [9.17, 15) is 9.90 Å². The van der Waals surface area contributed by atoms with Gasteiger partial charge in [-0.15, -0.1) is 0 Å². The summed E-state index contributed by atoms with van der Waals surface area (Å²) >= 11 is 0. The topological polar surface area (TPSA) is 49.8 Å². The predicted octanol–water partition coefficient (Wildman–Crippen LogP) is 2.35. The van der Waals surface area contributed by atoms with Gasteiger partial charge in [-0.2, -0.15) is 0 Å². The average Bonchev–Trinajstić information content (AvgIpc) is 2.98. The largest absolute Gasteiger partial charge is 0.389 e. The van der Waals surface area contributed by atoms with Crippen molar-refractivity contribution >= 4 is 5.91 Å². The van der Waals surface area contributed by atoms with Gasteiger partial charge in [0.1, 0.15) is 0 Å². The molecule has 0 bridgehead atoms. The molecule has 1 atom stereocenters. The number of ether oxygens (including phenoxy) is 1. The summed E-state index contributed by atoms with van der Waals surface area (Å²) < 4.78 is 5.83. The molecule has 116 valence electrons. The molecule has 4 heteroatoms. The number of hydrogen-bond donors (Lipinski definition) is 1. The van der Waals surface area contributed by atoms with Crippen LogP contribution in [0.25, 0.3) is 0 Å². The molecule has 0 aromatic carbocycles. The molecule has 1 heterocycles. The molecular weight excluding hydrogens is 254 g/mol. The summed E-state index contributed by atoms with van der Waals surface area (Å²) in [6.45, 7) is 6.65. The van der Waals surface area contributed by atoms with Gasteiger partial charge < -0.3 is 14.7 Å². The number of carbonyl (C=O) groups is 1. The SMILES string of the molecule is CC(C)CCOC1CCN(C(=O)CC2(O)CCCC2)C1. The predicted molar refractivity (Wildman–Crippen MR) is 78.4 cm³/mol. The fourth-order valence-electron chi connectivity index (χ4n) is 3.16. The van der Waals surface area contributed by atoms with E-state index in [1.165, 1.54) is 0 Å². The van der Waals surface area contributed by atoms with Crippen molar-refractivity contribution < 1.29 is 14.6 Å². The van der Waals surface area contributed by atoms with Gasteiger partial charge in [-0.3, -0.25) is 4.79 Å². The van der Waals surface area contributed by atoms with Gasteiger partial charge in [-0.05, 0) is 31.6 Å². The molecule has 0 aromatic heterocycles. The maximum Gasteiger partial charge on any atom is 0.225 e. The highest BCUT2D eigenvalue weighted by Crippen LogP contribution is 2.33. The van der Waals surface area contributed by atoms with Gasteiger partial charge in [-0.25, -0.2) is 0 Å². The average molecular weight is 283 g/mol. The van der Waals surface area contributed by atoms with Crippen LogP contribution in [0.4, 0.5) is 0 Å². The molecule has 2 aliphatic rings. The maximum atomic E-state index is 12.2. The molecule has 1 unspecified atom stereocenters. The first-order chi connectivity index (χ1) is 9.48. The van der Waals surface area contributed by atoms with E-state index >= 15 is 0 Å². The fraction of sp³-hybridized carbons (Fsp3) is 0.938.